The third-order valence-electron chi connectivity index (χ3n) is 1.37. The van der Waals surface area contributed by atoms with E-state index in [1.807, 2.05) is 6.07 Å². The Labute approximate surface area is 70.4 Å². The molecular formula is C8H7ClN2. The van der Waals surface area contributed by atoms with Crippen molar-refractivity contribution in [1.82, 2.24) is 0 Å². The van der Waals surface area contributed by atoms with E-state index in [0.717, 1.165) is 5.69 Å². The molecule has 0 aliphatic heterocycles. The first kappa shape index (κ1) is 7.90. The Morgan fingerprint density at radius 3 is 2.82 bits per heavy atom. The normalized spacial score (nSPS) is 8.82. The molecule has 0 saturated carbocycles. The molecule has 1 rings (SSSR count). The Morgan fingerprint density at radius 1 is 1.55 bits per heavy atom. The van der Waals surface area contributed by atoms with Crippen molar-refractivity contribution in [1.29, 1.82) is 5.26 Å². The highest BCUT2D eigenvalue weighted by Crippen LogP contribution is 2.18. The fourth-order valence-corrected chi connectivity index (χ4v) is 0.999. The number of nitrogens with zero attached hydrogens (tertiary/aromatic N) is 1. The van der Waals surface area contributed by atoms with Crippen molar-refractivity contribution in [2.24, 2.45) is 0 Å². The number of benzene rings is 1. The third-order valence-corrected chi connectivity index (χ3v) is 1.61. The lowest BCUT2D eigenvalue weighted by atomic mass is 10.2. The summed E-state index contributed by atoms with van der Waals surface area (Å²) in [6.45, 7) is 0. The molecule has 0 saturated heterocycles. The molecular weight excluding hydrogens is 160 g/mol. The summed E-state index contributed by atoms with van der Waals surface area (Å²) >= 11 is 5.67. The topological polar surface area (TPSA) is 35.8 Å². The second-order valence-electron chi connectivity index (χ2n) is 2.05. The van der Waals surface area contributed by atoms with Gasteiger partial charge in [0.1, 0.15) is 6.07 Å². The van der Waals surface area contributed by atoms with Gasteiger partial charge in [-0.2, -0.15) is 5.26 Å². The van der Waals surface area contributed by atoms with Crippen LogP contribution in [0.4, 0.5) is 5.69 Å². The maximum atomic E-state index is 8.63. The molecule has 11 heavy (non-hydrogen) atoms. The average molecular weight is 167 g/mol. The van der Waals surface area contributed by atoms with Crippen molar-refractivity contribution >= 4 is 17.3 Å². The van der Waals surface area contributed by atoms with Crippen molar-refractivity contribution in [3.8, 4) is 6.07 Å². The van der Waals surface area contributed by atoms with Crippen LogP contribution in [0.1, 0.15) is 5.56 Å². The largest absolute Gasteiger partial charge is 0.387 e. The summed E-state index contributed by atoms with van der Waals surface area (Å²) in [7, 11) is 1.77. The van der Waals surface area contributed by atoms with Crippen LogP contribution in [0.3, 0.4) is 0 Å². The van der Waals surface area contributed by atoms with Crippen LogP contribution < -0.4 is 5.32 Å². The minimum atomic E-state index is 0.569. The van der Waals surface area contributed by atoms with Gasteiger partial charge < -0.3 is 5.32 Å². The Hall–Kier alpha value is -1.20. The zero-order chi connectivity index (χ0) is 8.27. The molecule has 0 bridgehead atoms. The second-order valence-corrected chi connectivity index (χ2v) is 2.49. The lowest BCUT2D eigenvalue weighted by Gasteiger charge is -2.01. The minimum Gasteiger partial charge on any atom is -0.387 e. The van der Waals surface area contributed by atoms with Gasteiger partial charge in [-0.1, -0.05) is 11.6 Å². The van der Waals surface area contributed by atoms with Crippen LogP contribution in [0.2, 0.25) is 5.02 Å². The van der Waals surface area contributed by atoms with Crippen molar-refractivity contribution in [3.63, 3.8) is 0 Å². The summed E-state index contributed by atoms with van der Waals surface area (Å²) in [5.74, 6) is 0. The van der Waals surface area contributed by atoms with Gasteiger partial charge in [-0.25, -0.2) is 0 Å². The molecule has 0 atom stereocenters. The number of rotatable bonds is 1. The maximum absolute atomic E-state index is 8.63. The van der Waals surface area contributed by atoms with E-state index in [1.54, 1.807) is 25.2 Å². The number of anilines is 1. The molecule has 0 aliphatic carbocycles. The van der Waals surface area contributed by atoms with Crippen LogP contribution >= 0.6 is 11.6 Å². The molecule has 0 radical (unpaired) electrons. The van der Waals surface area contributed by atoms with Crippen LogP contribution in [-0.2, 0) is 0 Å². The van der Waals surface area contributed by atoms with Crippen molar-refractivity contribution < 1.29 is 0 Å². The lowest BCUT2D eigenvalue weighted by Crippen LogP contribution is -1.90. The van der Waals surface area contributed by atoms with Crippen molar-refractivity contribution in [2.75, 3.05) is 12.4 Å². The predicted molar refractivity (Wildman–Crippen MR) is 45.7 cm³/mol. The van der Waals surface area contributed by atoms with E-state index in [9.17, 15) is 0 Å². The molecule has 3 heteroatoms. The summed E-state index contributed by atoms with van der Waals surface area (Å²) in [6, 6.07) is 7.20. The fourth-order valence-electron chi connectivity index (χ4n) is 0.827. The van der Waals surface area contributed by atoms with Gasteiger partial charge in [0.2, 0.25) is 0 Å². The summed E-state index contributed by atoms with van der Waals surface area (Å²) in [4.78, 5) is 0. The van der Waals surface area contributed by atoms with Crippen LogP contribution in [0.25, 0.3) is 0 Å². The molecule has 1 N–H and O–H groups in total. The minimum absolute atomic E-state index is 0.569. The van der Waals surface area contributed by atoms with E-state index < -0.39 is 0 Å². The summed E-state index contributed by atoms with van der Waals surface area (Å²) < 4.78 is 0. The zero-order valence-corrected chi connectivity index (χ0v) is 6.81. The Kier molecular flexibility index (Phi) is 2.35. The summed E-state index contributed by atoms with van der Waals surface area (Å²) in [5, 5.41) is 12.1. The first-order chi connectivity index (χ1) is 5.27. The maximum Gasteiger partial charge on any atom is 0.101 e. The van der Waals surface area contributed by atoms with E-state index in [-0.39, 0.29) is 0 Å². The van der Waals surface area contributed by atoms with Crippen LogP contribution in [-0.4, -0.2) is 7.05 Å². The fraction of sp³-hybridized carbons (Fsp3) is 0.125. The van der Waals surface area contributed by atoms with E-state index in [4.69, 9.17) is 16.9 Å². The molecule has 0 aliphatic rings. The second kappa shape index (κ2) is 3.27. The van der Waals surface area contributed by atoms with E-state index in [1.165, 1.54) is 0 Å². The third kappa shape index (κ3) is 1.63. The molecule has 0 amide bonds. The van der Waals surface area contributed by atoms with E-state index >= 15 is 0 Å². The molecule has 2 nitrogen and oxygen atoms in total. The van der Waals surface area contributed by atoms with Gasteiger partial charge in [-0.05, 0) is 18.2 Å². The first-order valence-electron chi connectivity index (χ1n) is 3.15. The Bertz CT molecular complexity index is 301. The molecule has 1 aromatic carbocycles. The number of nitrogens with one attached hydrogen (secondary N) is 1. The van der Waals surface area contributed by atoms with Crippen LogP contribution in [0.15, 0.2) is 18.2 Å². The number of nitriles is 1. The predicted octanol–water partition coefficient (Wildman–Crippen LogP) is 2.25. The monoisotopic (exact) mass is 166 g/mol. The Morgan fingerprint density at radius 2 is 2.27 bits per heavy atom. The van der Waals surface area contributed by atoms with Crippen molar-refractivity contribution in [3.05, 3.63) is 28.8 Å². The van der Waals surface area contributed by atoms with E-state index in [2.05, 4.69) is 5.32 Å². The molecule has 56 valence electrons. The first-order valence-corrected chi connectivity index (χ1v) is 3.53. The summed E-state index contributed by atoms with van der Waals surface area (Å²) in [6.07, 6.45) is 0. The lowest BCUT2D eigenvalue weighted by molar-refractivity contribution is 1.44. The van der Waals surface area contributed by atoms with Gasteiger partial charge in [0, 0.05) is 12.1 Å². The Balaban J connectivity index is 3.19. The zero-order valence-electron chi connectivity index (χ0n) is 6.06. The van der Waals surface area contributed by atoms with Gasteiger partial charge in [0.25, 0.3) is 0 Å². The molecule has 1 aromatic rings. The molecule has 0 unspecified atom stereocenters. The molecule has 0 spiro atoms. The molecule has 0 heterocycles. The highest BCUT2D eigenvalue weighted by atomic mass is 35.5. The van der Waals surface area contributed by atoms with Gasteiger partial charge in [0.05, 0.1) is 11.3 Å². The SMILES string of the molecule is CNc1ccc(Cl)cc1C#N. The molecule has 0 fully saturated rings. The van der Waals surface area contributed by atoms with Crippen LogP contribution in [0.5, 0.6) is 0 Å². The number of hydrogen-bond donors (Lipinski definition) is 1. The quantitative estimate of drug-likeness (QED) is 0.695. The van der Waals surface area contributed by atoms with Gasteiger partial charge >= 0.3 is 0 Å². The number of hydrogen-bond acceptors (Lipinski definition) is 2. The van der Waals surface area contributed by atoms with Gasteiger partial charge in [-0.3, -0.25) is 0 Å². The highest BCUT2D eigenvalue weighted by Gasteiger charge is 1.98. The van der Waals surface area contributed by atoms with Gasteiger partial charge in [-0.15, -0.1) is 0 Å². The standard InChI is InChI=1S/C8H7ClN2/c1-11-8-3-2-7(9)4-6(8)5-10/h2-4,11H,1H3. The average Bonchev–Trinajstić information content (AvgIpc) is 2.04. The highest BCUT2D eigenvalue weighted by molar-refractivity contribution is 6.30. The smallest absolute Gasteiger partial charge is 0.101 e. The molecule has 0 aromatic heterocycles. The van der Waals surface area contributed by atoms with Crippen molar-refractivity contribution in [2.45, 2.75) is 0 Å². The van der Waals surface area contributed by atoms with E-state index in [0.29, 0.717) is 10.6 Å². The summed E-state index contributed by atoms with van der Waals surface area (Å²) in [5.41, 5.74) is 1.37. The number of halogens is 1. The van der Waals surface area contributed by atoms with Crippen LogP contribution in [0, 0.1) is 11.3 Å². The van der Waals surface area contributed by atoms with Gasteiger partial charge in [0.15, 0.2) is 0 Å².